The van der Waals surface area contributed by atoms with Crippen LogP contribution in [0.3, 0.4) is 0 Å². The van der Waals surface area contributed by atoms with Crippen LogP contribution in [0.2, 0.25) is 0 Å². The summed E-state index contributed by atoms with van der Waals surface area (Å²) in [5, 5.41) is 3.28. The lowest BCUT2D eigenvalue weighted by Crippen LogP contribution is -2.53. The fourth-order valence-corrected chi connectivity index (χ4v) is 5.48. The van der Waals surface area contributed by atoms with Gasteiger partial charge in [-0.1, -0.05) is 89.8 Å². The molecule has 1 saturated carbocycles. The molecule has 200 valence electrons. The number of carbonyl (C=O) groups is 2. The zero-order valence-electron chi connectivity index (χ0n) is 22.3. The van der Waals surface area contributed by atoms with Crippen LogP contribution in [0.5, 0.6) is 5.75 Å². The molecule has 3 aromatic carbocycles. The summed E-state index contributed by atoms with van der Waals surface area (Å²) in [6.45, 7) is 4.18. The topological polar surface area (TPSA) is 58.6 Å². The number of nitrogens with one attached hydrogen (secondary N) is 1. The maximum Gasteiger partial charge on any atom is 0.261 e. The smallest absolute Gasteiger partial charge is 0.261 e. The van der Waals surface area contributed by atoms with Gasteiger partial charge in [0.15, 0.2) is 6.61 Å². The molecule has 1 aliphatic rings. The van der Waals surface area contributed by atoms with E-state index in [1.165, 1.54) is 6.42 Å². The number of hydrogen-bond donors (Lipinski definition) is 1. The van der Waals surface area contributed by atoms with E-state index in [2.05, 4.69) is 21.2 Å². The first-order chi connectivity index (χ1) is 18.4. The number of amides is 2. The Bertz CT molecular complexity index is 1220. The van der Waals surface area contributed by atoms with Crippen LogP contribution in [0.1, 0.15) is 54.4 Å². The molecule has 4 rings (SSSR count). The van der Waals surface area contributed by atoms with Crippen molar-refractivity contribution in [1.82, 2.24) is 10.2 Å². The van der Waals surface area contributed by atoms with Crippen molar-refractivity contribution in [2.45, 2.75) is 71.0 Å². The molecule has 0 saturated heterocycles. The zero-order chi connectivity index (χ0) is 26.9. The van der Waals surface area contributed by atoms with E-state index < -0.39 is 6.04 Å². The van der Waals surface area contributed by atoms with E-state index in [0.717, 1.165) is 52.4 Å². The van der Waals surface area contributed by atoms with Gasteiger partial charge < -0.3 is 15.0 Å². The van der Waals surface area contributed by atoms with Gasteiger partial charge in [0.2, 0.25) is 5.91 Å². The SMILES string of the molecule is Cc1cccc(OCC(=O)N(Cc2cccc(Br)c2)C(Cc2ccccc2)C(=O)NC2CCCCC2)c1C. The van der Waals surface area contributed by atoms with E-state index in [1.807, 2.05) is 86.6 Å². The molecule has 0 bridgehead atoms. The van der Waals surface area contributed by atoms with Crippen LogP contribution in [-0.2, 0) is 22.6 Å². The molecule has 1 unspecified atom stereocenters. The Kier molecular flexibility index (Phi) is 9.99. The van der Waals surface area contributed by atoms with Crippen molar-refractivity contribution in [3.8, 4) is 5.75 Å². The predicted molar refractivity (Wildman–Crippen MR) is 155 cm³/mol. The summed E-state index contributed by atoms with van der Waals surface area (Å²) in [4.78, 5) is 29.4. The number of hydrogen-bond acceptors (Lipinski definition) is 3. The molecule has 1 atom stereocenters. The number of carbonyl (C=O) groups excluding carboxylic acids is 2. The highest BCUT2D eigenvalue weighted by molar-refractivity contribution is 9.10. The van der Waals surface area contributed by atoms with E-state index in [0.29, 0.717) is 18.7 Å². The van der Waals surface area contributed by atoms with Gasteiger partial charge in [0.1, 0.15) is 11.8 Å². The van der Waals surface area contributed by atoms with Gasteiger partial charge >= 0.3 is 0 Å². The average Bonchev–Trinajstić information content (AvgIpc) is 2.92. The molecule has 3 aromatic rings. The van der Waals surface area contributed by atoms with Crippen molar-refractivity contribution in [2.24, 2.45) is 0 Å². The molecule has 5 nitrogen and oxygen atoms in total. The molecular weight excluding hydrogens is 540 g/mol. The summed E-state index contributed by atoms with van der Waals surface area (Å²) in [6, 6.07) is 23.1. The van der Waals surface area contributed by atoms with Crippen molar-refractivity contribution in [3.63, 3.8) is 0 Å². The first-order valence-corrected chi connectivity index (χ1v) is 14.3. The summed E-state index contributed by atoms with van der Waals surface area (Å²) in [5.41, 5.74) is 4.08. The lowest BCUT2D eigenvalue weighted by Gasteiger charge is -2.33. The highest BCUT2D eigenvalue weighted by atomic mass is 79.9. The maximum atomic E-state index is 13.8. The fraction of sp³-hybridized carbons (Fsp3) is 0.375. The van der Waals surface area contributed by atoms with E-state index in [4.69, 9.17) is 4.74 Å². The van der Waals surface area contributed by atoms with Gasteiger partial charge in [-0.05, 0) is 67.1 Å². The third-order valence-electron chi connectivity index (χ3n) is 7.37. The Balaban J connectivity index is 1.62. The van der Waals surface area contributed by atoms with Crippen LogP contribution in [0.25, 0.3) is 0 Å². The summed E-state index contributed by atoms with van der Waals surface area (Å²) in [5.74, 6) is 0.369. The standard InChI is InChI=1S/C32H37BrN2O3/c1-23-11-9-18-30(24(23)2)38-22-31(36)35(21-26-14-10-15-27(33)19-26)29(20-25-12-5-3-6-13-25)32(37)34-28-16-7-4-8-17-28/h3,5-6,9-15,18-19,28-29H,4,7-8,16-17,20-22H2,1-2H3,(H,34,37). The largest absolute Gasteiger partial charge is 0.483 e. The Labute approximate surface area is 234 Å². The number of halogens is 1. The molecule has 0 aliphatic heterocycles. The second-order valence-corrected chi connectivity index (χ2v) is 11.1. The first kappa shape index (κ1) is 27.9. The summed E-state index contributed by atoms with van der Waals surface area (Å²) < 4.78 is 6.95. The van der Waals surface area contributed by atoms with Gasteiger partial charge in [0.25, 0.3) is 5.91 Å². The minimum absolute atomic E-state index is 0.101. The lowest BCUT2D eigenvalue weighted by molar-refractivity contribution is -0.143. The number of nitrogens with zero attached hydrogens (tertiary/aromatic N) is 1. The Morgan fingerprint density at radius 2 is 1.66 bits per heavy atom. The lowest BCUT2D eigenvalue weighted by atomic mass is 9.94. The third-order valence-corrected chi connectivity index (χ3v) is 7.86. The number of aryl methyl sites for hydroxylation is 1. The van der Waals surface area contributed by atoms with Crippen LogP contribution >= 0.6 is 15.9 Å². The molecule has 2 amide bonds. The highest BCUT2D eigenvalue weighted by Crippen LogP contribution is 2.23. The second kappa shape index (κ2) is 13.6. The van der Waals surface area contributed by atoms with Crippen LogP contribution in [0.15, 0.2) is 77.3 Å². The van der Waals surface area contributed by atoms with Crippen molar-refractivity contribution in [3.05, 3.63) is 99.5 Å². The molecule has 38 heavy (non-hydrogen) atoms. The minimum Gasteiger partial charge on any atom is -0.483 e. The van der Waals surface area contributed by atoms with Gasteiger partial charge in [0, 0.05) is 23.5 Å². The minimum atomic E-state index is -0.659. The molecule has 0 spiro atoms. The Hall–Kier alpha value is -3.12. The van der Waals surface area contributed by atoms with Gasteiger partial charge in [-0.3, -0.25) is 9.59 Å². The van der Waals surface area contributed by atoms with Crippen molar-refractivity contribution < 1.29 is 14.3 Å². The van der Waals surface area contributed by atoms with Crippen molar-refractivity contribution in [2.75, 3.05) is 6.61 Å². The molecule has 6 heteroatoms. The number of ether oxygens (including phenoxy) is 1. The van der Waals surface area contributed by atoms with Gasteiger partial charge in [0.05, 0.1) is 0 Å². The second-order valence-electron chi connectivity index (χ2n) is 10.2. The molecule has 1 N–H and O–H groups in total. The van der Waals surface area contributed by atoms with Gasteiger partial charge in [-0.25, -0.2) is 0 Å². The van der Waals surface area contributed by atoms with Gasteiger partial charge in [-0.2, -0.15) is 0 Å². The van der Waals surface area contributed by atoms with Crippen LogP contribution in [0.4, 0.5) is 0 Å². The van der Waals surface area contributed by atoms with Crippen LogP contribution in [-0.4, -0.2) is 35.4 Å². The normalized spacial score (nSPS) is 14.5. The Morgan fingerprint density at radius 3 is 2.39 bits per heavy atom. The average molecular weight is 578 g/mol. The fourth-order valence-electron chi connectivity index (χ4n) is 5.03. The molecule has 0 aromatic heterocycles. The predicted octanol–water partition coefficient (Wildman–Crippen LogP) is 6.53. The summed E-state index contributed by atoms with van der Waals surface area (Å²) in [7, 11) is 0. The summed E-state index contributed by atoms with van der Waals surface area (Å²) in [6.07, 6.45) is 5.86. The molecule has 1 fully saturated rings. The van der Waals surface area contributed by atoms with Crippen LogP contribution < -0.4 is 10.1 Å². The monoisotopic (exact) mass is 576 g/mol. The van der Waals surface area contributed by atoms with E-state index in [1.54, 1.807) is 4.90 Å². The molecule has 1 aliphatic carbocycles. The quantitative estimate of drug-likeness (QED) is 0.298. The molecule has 0 radical (unpaired) electrons. The number of benzene rings is 3. The first-order valence-electron chi connectivity index (χ1n) is 13.5. The number of rotatable bonds is 10. The van der Waals surface area contributed by atoms with Crippen molar-refractivity contribution in [1.29, 1.82) is 0 Å². The van der Waals surface area contributed by atoms with E-state index in [9.17, 15) is 9.59 Å². The molecular formula is C32H37BrN2O3. The highest BCUT2D eigenvalue weighted by Gasteiger charge is 2.32. The van der Waals surface area contributed by atoms with Crippen LogP contribution in [0, 0.1) is 13.8 Å². The van der Waals surface area contributed by atoms with E-state index >= 15 is 0 Å². The zero-order valence-corrected chi connectivity index (χ0v) is 23.9. The van der Waals surface area contributed by atoms with Crippen molar-refractivity contribution >= 4 is 27.7 Å². The third kappa shape index (κ3) is 7.70. The summed E-state index contributed by atoms with van der Waals surface area (Å²) >= 11 is 3.54. The molecule has 0 heterocycles. The Morgan fingerprint density at radius 1 is 0.947 bits per heavy atom. The maximum absolute atomic E-state index is 13.8. The van der Waals surface area contributed by atoms with Gasteiger partial charge in [-0.15, -0.1) is 0 Å². The van der Waals surface area contributed by atoms with E-state index in [-0.39, 0.29) is 24.5 Å².